The highest BCUT2D eigenvalue weighted by Gasteiger charge is 2.21. The maximum atomic E-state index is 6.47. The number of methoxy groups -OCH3 is 1. The van der Waals surface area contributed by atoms with Crippen molar-refractivity contribution in [1.82, 2.24) is 0 Å². The number of rotatable bonds is 3. The van der Waals surface area contributed by atoms with Gasteiger partial charge in [-0.05, 0) is 49.3 Å². The fourth-order valence-electron chi connectivity index (χ4n) is 2.56. The predicted octanol–water partition coefficient (Wildman–Crippen LogP) is 3.29. The minimum atomic E-state index is 0.287. The van der Waals surface area contributed by atoms with Gasteiger partial charge in [0, 0.05) is 5.56 Å². The van der Waals surface area contributed by atoms with Crippen molar-refractivity contribution in [3.8, 4) is 5.75 Å². The lowest BCUT2D eigenvalue weighted by Crippen LogP contribution is -2.13. The molecule has 0 aromatic heterocycles. The van der Waals surface area contributed by atoms with Gasteiger partial charge in [0.15, 0.2) is 0 Å². The zero-order valence-electron chi connectivity index (χ0n) is 10.6. The number of nitrogens with two attached hydrogens (primary N) is 1. The van der Waals surface area contributed by atoms with Gasteiger partial charge in [-0.1, -0.05) is 24.6 Å². The SMILES string of the molecule is COc1c(C(C)CN)cc2c(c1Cl)CCCC2. The average molecular weight is 254 g/mol. The van der Waals surface area contributed by atoms with Crippen molar-refractivity contribution in [2.45, 2.75) is 38.5 Å². The molecule has 1 aliphatic carbocycles. The van der Waals surface area contributed by atoms with Crippen LogP contribution >= 0.6 is 11.6 Å². The van der Waals surface area contributed by atoms with Crippen molar-refractivity contribution in [3.05, 3.63) is 27.8 Å². The van der Waals surface area contributed by atoms with Gasteiger partial charge in [0.2, 0.25) is 0 Å². The lowest BCUT2D eigenvalue weighted by atomic mass is 9.87. The van der Waals surface area contributed by atoms with E-state index in [9.17, 15) is 0 Å². The molecule has 0 heterocycles. The van der Waals surface area contributed by atoms with Gasteiger partial charge in [0.25, 0.3) is 0 Å². The summed E-state index contributed by atoms with van der Waals surface area (Å²) in [7, 11) is 1.68. The normalized spacial score (nSPS) is 16.5. The summed E-state index contributed by atoms with van der Waals surface area (Å²) in [6, 6.07) is 2.25. The third-order valence-corrected chi connectivity index (χ3v) is 4.06. The van der Waals surface area contributed by atoms with E-state index in [4.69, 9.17) is 22.1 Å². The second-order valence-corrected chi connectivity index (χ2v) is 5.17. The lowest BCUT2D eigenvalue weighted by Gasteiger charge is -2.23. The number of halogens is 1. The van der Waals surface area contributed by atoms with E-state index in [1.807, 2.05) is 0 Å². The molecule has 94 valence electrons. The van der Waals surface area contributed by atoms with Gasteiger partial charge in [-0.2, -0.15) is 0 Å². The van der Waals surface area contributed by atoms with Crippen LogP contribution in [0.1, 0.15) is 42.4 Å². The molecule has 0 bridgehead atoms. The van der Waals surface area contributed by atoms with Gasteiger partial charge in [-0.25, -0.2) is 0 Å². The quantitative estimate of drug-likeness (QED) is 0.897. The van der Waals surface area contributed by atoms with Crippen LogP contribution in [0, 0.1) is 0 Å². The lowest BCUT2D eigenvalue weighted by molar-refractivity contribution is 0.405. The molecule has 1 aliphatic rings. The van der Waals surface area contributed by atoms with Crippen molar-refractivity contribution < 1.29 is 4.74 Å². The van der Waals surface area contributed by atoms with Gasteiger partial charge < -0.3 is 10.5 Å². The van der Waals surface area contributed by atoms with Crippen LogP contribution in [-0.2, 0) is 12.8 Å². The summed E-state index contributed by atoms with van der Waals surface area (Å²) in [6.07, 6.45) is 4.68. The van der Waals surface area contributed by atoms with Crippen LogP contribution in [0.25, 0.3) is 0 Å². The Labute approximate surface area is 108 Å². The smallest absolute Gasteiger partial charge is 0.141 e. The first kappa shape index (κ1) is 12.7. The molecule has 0 saturated carbocycles. The number of hydrogen-bond donors (Lipinski definition) is 1. The first-order valence-corrected chi connectivity index (χ1v) is 6.65. The molecule has 1 atom stereocenters. The monoisotopic (exact) mass is 253 g/mol. The van der Waals surface area contributed by atoms with Gasteiger partial charge in [-0.3, -0.25) is 0 Å². The van der Waals surface area contributed by atoms with Crippen LogP contribution < -0.4 is 10.5 Å². The number of aryl methyl sites for hydroxylation is 1. The van der Waals surface area contributed by atoms with Gasteiger partial charge >= 0.3 is 0 Å². The van der Waals surface area contributed by atoms with Crippen LogP contribution in [0.2, 0.25) is 5.02 Å². The van der Waals surface area contributed by atoms with E-state index in [0.717, 1.165) is 29.2 Å². The Hall–Kier alpha value is -0.730. The Morgan fingerprint density at radius 3 is 2.76 bits per heavy atom. The minimum Gasteiger partial charge on any atom is -0.495 e. The van der Waals surface area contributed by atoms with Gasteiger partial charge in [-0.15, -0.1) is 0 Å². The predicted molar refractivity (Wildman–Crippen MR) is 72.1 cm³/mol. The highest BCUT2D eigenvalue weighted by atomic mass is 35.5. The van der Waals surface area contributed by atoms with E-state index in [0.29, 0.717) is 6.54 Å². The molecule has 2 nitrogen and oxygen atoms in total. The van der Waals surface area contributed by atoms with Crippen LogP contribution in [0.5, 0.6) is 5.75 Å². The Morgan fingerprint density at radius 2 is 2.12 bits per heavy atom. The highest BCUT2D eigenvalue weighted by molar-refractivity contribution is 6.33. The summed E-state index contributed by atoms with van der Waals surface area (Å²) >= 11 is 6.47. The molecular weight excluding hydrogens is 234 g/mol. The zero-order chi connectivity index (χ0) is 12.4. The Balaban J connectivity index is 2.55. The second-order valence-electron chi connectivity index (χ2n) is 4.79. The van der Waals surface area contributed by atoms with Crippen molar-refractivity contribution in [3.63, 3.8) is 0 Å². The molecule has 1 aromatic carbocycles. The number of hydrogen-bond acceptors (Lipinski definition) is 2. The summed E-state index contributed by atoms with van der Waals surface area (Å²) in [5, 5.41) is 0.806. The standard InChI is InChI=1S/C14H20ClNO/c1-9(8-16)12-7-10-5-3-4-6-11(10)13(15)14(12)17-2/h7,9H,3-6,8,16H2,1-2H3. The fourth-order valence-corrected chi connectivity index (χ4v) is 2.96. The maximum absolute atomic E-state index is 6.47. The summed E-state index contributed by atoms with van der Waals surface area (Å²) in [5.74, 6) is 1.11. The van der Waals surface area contributed by atoms with Crippen molar-refractivity contribution in [2.75, 3.05) is 13.7 Å². The van der Waals surface area contributed by atoms with E-state index in [1.54, 1.807) is 7.11 Å². The molecule has 1 unspecified atom stereocenters. The third-order valence-electron chi connectivity index (χ3n) is 3.66. The number of fused-ring (bicyclic) bond motifs is 1. The maximum Gasteiger partial charge on any atom is 0.141 e. The molecule has 17 heavy (non-hydrogen) atoms. The molecule has 0 saturated heterocycles. The van der Waals surface area contributed by atoms with E-state index < -0.39 is 0 Å². The zero-order valence-corrected chi connectivity index (χ0v) is 11.3. The second kappa shape index (κ2) is 5.28. The molecule has 0 aliphatic heterocycles. The van der Waals surface area contributed by atoms with Gasteiger partial charge in [0.1, 0.15) is 5.75 Å². The largest absolute Gasteiger partial charge is 0.495 e. The molecule has 1 aromatic rings. The van der Waals surface area contributed by atoms with E-state index in [-0.39, 0.29) is 5.92 Å². The van der Waals surface area contributed by atoms with Gasteiger partial charge in [0.05, 0.1) is 12.1 Å². The van der Waals surface area contributed by atoms with Crippen LogP contribution in [0.3, 0.4) is 0 Å². The minimum absolute atomic E-state index is 0.287. The third kappa shape index (κ3) is 2.29. The Kier molecular flexibility index (Phi) is 3.95. The number of ether oxygens (including phenoxy) is 1. The van der Waals surface area contributed by atoms with Crippen molar-refractivity contribution >= 4 is 11.6 Å². The van der Waals surface area contributed by atoms with E-state index >= 15 is 0 Å². The first-order valence-electron chi connectivity index (χ1n) is 6.27. The molecule has 3 heteroatoms. The fraction of sp³-hybridized carbons (Fsp3) is 0.571. The van der Waals surface area contributed by atoms with Crippen LogP contribution in [-0.4, -0.2) is 13.7 Å². The molecule has 0 amide bonds. The molecule has 2 N–H and O–H groups in total. The van der Waals surface area contributed by atoms with E-state index in [1.165, 1.54) is 24.0 Å². The molecule has 0 fully saturated rings. The summed E-state index contributed by atoms with van der Waals surface area (Å²) in [4.78, 5) is 0. The summed E-state index contributed by atoms with van der Waals surface area (Å²) in [6.45, 7) is 2.73. The highest BCUT2D eigenvalue weighted by Crippen LogP contribution is 2.40. The van der Waals surface area contributed by atoms with Crippen LogP contribution in [0.4, 0.5) is 0 Å². The number of benzene rings is 1. The van der Waals surface area contributed by atoms with Crippen molar-refractivity contribution in [1.29, 1.82) is 0 Å². The average Bonchev–Trinajstić information content (AvgIpc) is 2.37. The van der Waals surface area contributed by atoms with Crippen molar-refractivity contribution in [2.24, 2.45) is 5.73 Å². The summed E-state index contributed by atoms with van der Waals surface area (Å²) in [5.41, 5.74) is 9.58. The molecule has 2 rings (SSSR count). The Bertz CT molecular complexity index is 417. The molecular formula is C14H20ClNO. The topological polar surface area (TPSA) is 35.2 Å². The molecule has 0 spiro atoms. The molecule has 0 radical (unpaired) electrons. The first-order chi connectivity index (χ1) is 8.19. The van der Waals surface area contributed by atoms with E-state index in [2.05, 4.69) is 13.0 Å². The summed E-state index contributed by atoms with van der Waals surface area (Å²) < 4.78 is 5.48. The Morgan fingerprint density at radius 1 is 1.41 bits per heavy atom. The van der Waals surface area contributed by atoms with Crippen LogP contribution in [0.15, 0.2) is 6.07 Å².